The Balaban J connectivity index is 1.55. The molecular weight excluding hydrogens is 429 g/mol. The van der Waals surface area contributed by atoms with Gasteiger partial charge >= 0.3 is 7.60 Å². The van der Waals surface area contributed by atoms with Crippen LogP contribution < -0.4 is 9.64 Å². The zero-order valence-electron chi connectivity index (χ0n) is 20.2. The fourth-order valence-electron chi connectivity index (χ4n) is 4.79. The molecule has 0 radical (unpaired) electrons. The van der Waals surface area contributed by atoms with Gasteiger partial charge in [-0.2, -0.15) is 0 Å². The lowest BCUT2D eigenvalue weighted by Gasteiger charge is -2.34. The van der Waals surface area contributed by atoms with Crippen LogP contribution in [0.4, 0.5) is 5.69 Å². The lowest BCUT2D eigenvalue weighted by atomic mass is 9.86. The maximum atomic E-state index is 12.5. The monoisotopic (exact) mass is 469 g/mol. The van der Waals surface area contributed by atoms with Gasteiger partial charge in [0.1, 0.15) is 18.2 Å². The molecular formula is C24H40NO6P. The van der Waals surface area contributed by atoms with Crippen molar-refractivity contribution in [1.29, 1.82) is 0 Å². The van der Waals surface area contributed by atoms with Crippen LogP contribution in [0.1, 0.15) is 52.5 Å². The predicted octanol–water partition coefficient (Wildman–Crippen LogP) is 5.26. The summed E-state index contributed by atoms with van der Waals surface area (Å²) in [4.78, 5) is 2.34. The molecule has 4 atom stereocenters. The van der Waals surface area contributed by atoms with Gasteiger partial charge in [0.15, 0.2) is 0 Å². The molecule has 0 amide bonds. The minimum atomic E-state index is -3.17. The molecule has 1 aliphatic heterocycles. The number of fused-ring (bicyclic) bond motifs is 1. The zero-order chi connectivity index (χ0) is 23.1. The summed E-state index contributed by atoms with van der Waals surface area (Å²) in [6.45, 7) is 9.96. The third kappa shape index (κ3) is 6.48. The van der Waals surface area contributed by atoms with Crippen LogP contribution in [0, 0.1) is 5.92 Å². The van der Waals surface area contributed by atoms with E-state index in [4.69, 9.17) is 23.3 Å². The Morgan fingerprint density at radius 3 is 2.53 bits per heavy atom. The Bertz CT molecular complexity index is 765. The first-order valence-electron chi connectivity index (χ1n) is 11.9. The third-order valence-electron chi connectivity index (χ3n) is 6.37. The normalized spacial score (nSPS) is 25.7. The van der Waals surface area contributed by atoms with E-state index in [1.54, 1.807) is 21.0 Å². The Hall–Kier alpha value is -1.11. The summed E-state index contributed by atoms with van der Waals surface area (Å²) in [7, 11) is -1.38. The van der Waals surface area contributed by atoms with Gasteiger partial charge in [-0.15, -0.1) is 0 Å². The number of hydrogen-bond donors (Lipinski definition) is 0. The van der Waals surface area contributed by atoms with Crippen molar-refractivity contribution in [3.8, 4) is 5.75 Å². The first kappa shape index (κ1) is 25.5. The Kier molecular flexibility index (Phi) is 9.44. The molecule has 32 heavy (non-hydrogen) atoms. The van der Waals surface area contributed by atoms with Crippen molar-refractivity contribution in [2.45, 2.75) is 71.6 Å². The number of anilines is 1. The maximum Gasteiger partial charge on any atom is 0.356 e. The summed E-state index contributed by atoms with van der Waals surface area (Å²) in [5.41, 5.74) is 2.51. The predicted molar refractivity (Wildman–Crippen MR) is 127 cm³/mol. The topological polar surface area (TPSA) is 66.5 Å². The van der Waals surface area contributed by atoms with Crippen LogP contribution in [0.3, 0.4) is 0 Å². The molecule has 8 heteroatoms. The molecule has 1 aliphatic carbocycles. The van der Waals surface area contributed by atoms with E-state index in [0.717, 1.165) is 31.6 Å². The molecule has 2 unspecified atom stereocenters. The van der Waals surface area contributed by atoms with Gasteiger partial charge in [-0.1, -0.05) is 6.92 Å². The Morgan fingerprint density at radius 1 is 1.09 bits per heavy atom. The highest BCUT2D eigenvalue weighted by molar-refractivity contribution is 7.53. The summed E-state index contributed by atoms with van der Waals surface area (Å²) in [6, 6.07) is 6.76. The molecule has 0 aromatic heterocycles. The van der Waals surface area contributed by atoms with E-state index in [1.165, 1.54) is 17.7 Å². The average molecular weight is 470 g/mol. The molecule has 1 heterocycles. The van der Waals surface area contributed by atoms with Crippen molar-refractivity contribution >= 4 is 13.3 Å². The lowest BCUT2D eigenvalue weighted by Crippen LogP contribution is -2.38. The first-order chi connectivity index (χ1) is 15.4. The van der Waals surface area contributed by atoms with Gasteiger partial charge in [0.2, 0.25) is 0 Å². The van der Waals surface area contributed by atoms with E-state index in [0.29, 0.717) is 31.8 Å². The van der Waals surface area contributed by atoms with Crippen LogP contribution in [-0.4, -0.2) is 58.1 Å². The van der Waals surface area contributed by atoms with Crippen molar-refractivity contribution in [3.05, 3.63) is 23.8 Å². The Labute approximate surface area is 193 Å². The van der Waals surface area contributed by atoms with Crippen LogP contribution in [0.15, 0.2) is 18.2 Å². The number of rotatable bonds is 12. The van der Waals surface area contributed by atoms with Gasteiger partial charge in [-0.05, 0) is 76.1 Å². The van der Waals surface area contributed by atoms with Crippen LogP contribution in [0.5, 0.6) is 5.75 Å². The van der Waals surface area contributed by atoms with Gasteiger partial charge in [-0.3, -0.25) is 4.57 Å². The molecule has 1 aromatic carbocycles. The highest BCUT2D eigenvalue weighted by Crippen LogP contribution is 2.47. The second-order valence-corrected chi connectivity index (χ2v) is 10.9. The van der Waals surface area contributed by atoms with Gasteiger partial charge in [0, 0.05) is 25.4 Å². The highest BCUT2D eigenvalue weighted by Gasteiger charge is 2.31. The second-order valence-electron chi connectivity index (χ2n) is 8.87. The van der Waals surface area contributed by atoms with Crippen molar-refractivity contribution < 1.29 is 27.8 Å². The summed E-state index contributed by atoms with van der Waals surface area (Å²) in [5.74, 6) is 1.61. The van der Waals surface area contributed by atoms with Crippen LogP contribution >= 0.6 is 7.60 Å². The molecule has 182 valence electrons. The van der Waals surface area contributed by atoms with Crippen molar-refractivity contribution in [1.82, 2.24) is 0 Å². The highest BCUT2D eigenvalue weighted by atomic mass is 31.2. The van der Waals surface area contributed by atoms with Crippen molar-refractivity contribution in [3.63, 3.8) is 0 Å². The molecule has 2 aliphatic rings. The van der Waals surface area contributed by atoms with Crippen molar-refractivity contribution in [2.24, 2.45) is 5.92 Å². The van der Waals surface area contributed by atoms with Crippen LogP contribution in [0.2, 0.25) is 0 Å². The van der Waals surface area contributed by atoms with E-state index < -0.39 is 7.60 Å². The fourth-order valence-corrected chi connectivity index (χ4v) is 6.15. The van der Waals surface area contributed by atoms with Crippen molar-refractivity contribution in [2.75, 3.05) is 44.7 Å². The summed E-state index contributed by atoms with van der Waals surface area (Å²) >= 11 is 0. The van der Waals surface area contributed by atoms with Crippen LogP contribution in [-0.2, 0) is 29.5 Å². The van der Waals surface area contributed by atoms with Gasteiger partial charge < -0.3 is 28.2 Å². The lowest BCUT2D eigenvalue weighted by molar-refractivity contribution is -0.0356. The molecule has 0 N–H and O–H groups in total. The number of hydrogen-bond acceptors (Lipinski definition) is 7. The Morgan fingerprint density at radius 2 is 1.84 bits per heavy atom. The minimum absolute atomic E-state index is 0.0167. The fraction of sp³-hybridized carbons (Fsp3) is 0.750. The summed E-state index contributed by atoms with van der Waals surface area (Å²) < 4.78 is 40.9. The first-order valence-corrected chi connectivity index (χ1v) is 13.7. The standard InChI is InChI=1S/C24H40NO6P/c1-6-29-32(26,30-7-2)17-28-13-12-25-19(4)15-20-16-21(9-10-22(20)25)31-23-11-8-18(3)14-24(23)27-5/h9-10,16,18-19,23-24H,6-8,11-15,17H2,1-5H3/t18?,19?,23-,24-/m1/s1. The molecule has 1 aromatic rings. The molecule has 0 saturated heterocycles. The van der Waals surface area contributed by atoms with E-state index in [9.17, 15) is 4.57 Å². The third-order valence-corrected chi connectivity index (χ3v) is 8.17. The molecule has 1 fully saturated rings. The average Bonchev–Trinajstić information content (AvgIpc) is 3.07. The van der Waals surface area contributed by atoms with Crippen LogP contribution in [0.25, 0.3) is 0 Å². The van der Waals surface area contributed by atoms with Gasteiger partial charge in [0.05, 0.1) is 25.9 Å². The zero-order valence-corrected chi connectivity index (χ0v) is 21.1. The smallest absolute Gasteiger partial charge is 0.356 e. The molecule has 7 nitrogen and oxygen atoms in total. The quantitative estimate of drug-likeness (QED) is 0.306. The minimum Gasteiger partial charge on any atom is -0.488 e. The molecule has 0 spiro atoms. The number of methoxy groups -OCH3 is 1. The summed E-state index contributed by atoms with van der Waals surface area (Å²) in [5, 5.41) is 0. The molecule has 0 bridgehead atoms. The van der Waals surface area contributed by atoms with E-state index >= 15 is 0 Å². The number of ether oxygens (including phenoxy) is 3. The molecule has 3 rings (SSSR count). The number of nitrogens with zero attached hydrogens (tertiary/aromatic N) is 1. The number of benzene rings is 1. The van der Waals surface area contributed by atoms with Gasteiger partial charge in [0.25, 0.3) is 0 Å². The van der Waals surface area contributed by atoms with E-state index in [1.807, 2.05) is 0 Å². The largest absolute Gasteiger partial charge is 0.488 e. The molecule has 1 saturated carbocycles. The SMILES string of the molecule is CCOP(=O)(COCCN1c2ccc(O[C@@H]3CCC(C)C[C@H]3OC)cc2CC1C)OCC. The summed E-state index contributed by atoms with van der Waals surface area (Å²) in [6.07, 6.45) is 4.49. The van der Waals surface area contributed by atoms with E-state index in [-0.39, 0.29) is 18.6 Å². The van der Waals surface area contributed by atoms with Gasteiger partial charge in [-0.25, -0.2) is 0 Å². The maximum absolute atomic E-state index is 12.5. The van der Waals surface area contributed by atoms with E-state index in [2.05, 4.69) is 36.9 Å². The second kappa shape index (κ2) is 11.8.